The number of anilines is 2. The highest BCUT2D eigenvalue weighted by molar-refractivity contribution is 6.06. The zero-order valence-electron chi connectivity index (χ0n) is 12.1. The van der Waals surface area contributed by atoms with Gasteiger partial charge >= 0.3 is 0 Å². The fourth-order valence-corrected chi connectivity index (χ4v) is 2.05. The average Bonchev–Trinajstić information content (AvgIpc) is 2.40. The molecule has 3 nitrogen and oxygen atoms in total. The second kappa shape index (κ2) is 5.52. The Morgan fingerprint density at radius 1 is 0.952 bits per heavy atom. The summed E-state index contributed by atoms with van der Waals surface area (Å²) in [6, 6.07) is 5.32. The van der Waals surface area contributed by atoms with Crippen LogP contribution < -0.4 is 11.1 Å². The fourth-order valence-electron chi connectivity index (χ4n) is 2.05. The minimum atomic E-state index is -0.681. The smallest absolute Gasteiger partial charge is 0.256 e. The van der Waals surface area contributed by atoms with E-state index in [9.17, 15) is 13.6 Å². The van der Waals surface area contributed by atoms with Gasteiger partial charge in [0.1, 0.15) is 11.6 Å². The van der Waals surface area contributed by atoms with E-state index >= 15 is 0 Å². The maximum atomic E-state index is 13.7. The Bertz CT molecular complexity index is 727. The lowest BCUT2D eigenvalue weighted by atomic mass is 10.0. The maximum absolute atomic E-state index is 13.7. The van der Waals surface area contributed by atoms with Gasteiger partial charge in [-0.3, -0.25) is 4.79 Å². The van der Waals surface area contributed by atoms with Gasteiger partial charge in [0.25, 0.3) is 5.91 Å². The molecule has 0 unspecified atom stereocenters. The van der Waals surface area contributed by atoms with Crippen LogP contribution in [0.25, 0.3) is 0 Å². The van der Waals surface area contributed by atoms with Crippen molar-refractivity contribution in [3.05, 3.63) is 58.2 Å². The van der Waals surface area contributed by atoms with Crippen molar-refractivity contribution >= 4 is 17.3 Å². The standard InChI is InChI=1S/C16H16F2N2O/c1-8-4-10(3)14(19)6-11(8)16(21)20-15-7-12(17)9(2)5-13(15)18/h4-7H,19H2,1-3H3,(H,20,21). The first kappa shape index (κ1) is 15.0. The third kappa shape index (κ3) is 3.02. The number of nitrogens with two attached hydrogens (primary N) is 1. The molecule has 21 heavy (non-hydrogen) atoms. The van der Waals surface area contributed by atoms with Crippen LogP contribution in [0.1, 0.15) is 27.0 Å². The van der Waals surface area contributed by atoms with Crippen LogP contribution in [0.5, 0.6) is 0 Å². The number of hydrogen-bond donors (Lipinski definition) is 2. The van der Waals surface area contributed by atoms with Gasteiger partial charge in [-0.1, -0.05) is 6.07 Å². The van der Waals surface area contributed by atoms with Gasteiger partial charge in [0, 0.05) is 17.3 Å². The Kier molecular flexibility index (Phi) is 3.93. The predicted octanol–water partition coefficient (Wildman–Crippen LogP) is 3.72. The molecule has 5 heteroatoms. The minimum Gasteiger partial charge on any atom is -0.398 e. The van der Waals surface area contributed by atoms with Crippen LogP contribution in [-0.4, -0.2) is 5.91 Å². The van der Waals surface area contributed by atoms with Crippen LogP contribution in [0.15, 0.2) is 24.3 Å². The molecule has 0 saturated heterocycles. The van der Waals surface area contributed by atoms with Gasteiger partial charge < -0.3 is 11.1 Å². The van der Waals surface area contributed by atoms with E-state index in [1.54, 1.807) is 13.0 Å². The van der Waals surface area contributed by atoms with Crippen molar-refractivity contribution in [2.24, 2.45) is 0 Å². The molecular formula is C16H16F2N2O. The molecule has 2 rings (SSSR count). The van der Waals surface area contributed by atoms with Crippen molar-refractivity contribution in [3.8, 4) is 0 Å². The van der Waals surface area contributed by atoms with E-state index in [1.807, 2.05) is 6.92 Å². The third-order valence-electron chi connectivity index (χ3n) is 3.35. The summed E-state index contributed by atoms with van der Waals surface area (Å²) in [5, 5.41) is 2.37. The van der Waals surface area contributed by atoms with E-state index in [0.29, 0.717) is 16.8 Å². The van der Waals surface area contributed by atoms with E-state index in [1.165, 1.54) is 13.0 Å². The van der Waals surface area contributed by atoms with Gasteiger partial charge in [0.2, 0.25) is 0 Å². The van der Waals surface area contributed by atoms with Crippen molar-refractivity contribution in [1.29, 1.82) is 0 Å². The molecule has 1 amide bonds. The minimum absolute atomic E-state index is 0.182. The Hall–Kier alpha value is -2.43. The van der Waals surface area contributed by atoms with E-state index in [2.05, 4.69) is 5.32 Å². The van der Waals surface area contributed by atoms with Crippen molar-refractivity contribution in [2.75, 3.05) is 11.1 Å². The first-order valence-electron chi connectivity index (χ1n) is 6.43. The number of hydrogen-bond acceptors (Lipinski definition) is 2. The molecule has 0 saturated carbocycles. The van der Waals surface area contributed by atoms with Crippen molar-refractivity contribution in [3.63, 3.8) is 0 Å². The van der Waals surface area contributed by atoms with Crippen LogP contribution in [0.3, 0.4) is 0 Å². The average molecular weight is 290 g/mol. The lowest BCUT2D eigenvalue weighted by molar-refractivity contribution is 0.102. The second-order valence-electron chi connectivity index (χ2n) is 5.06. The molecule has 0 aliphatic heterocycles. The number of halogens is 2. The van der Waals surface area contributed by atoms with Gasteiger partial charge in [-0.2, -0.15) is 0 Å². The normalized spacial score (nSPS) is 10.5. The van der Waals surface area contributed by atoms with Gasteiger partial charge in [0.15, 0.2) is 0 Å². The van der Waals surface area contributed by atoms with Gasteiger partial charge in [-0.05, 0) is 49.6 Å². The first-order valence-corrected chi connectivity index (χ1v) is 6.43. The van der Waals surface area contributed by atoms with Gasteiger partial charge in [-0.15, -0.1) is 0 Å². The second-order valence-corrected chi connectivity index (χ2v) is 5.06. The first-order chi connectivity index (χ1) is 9.79. The molecule has 2 aromatic carbocycles. The Morgan fingerprint density at radius 2 is 1.62 bits per heavy atom. The summed E-state index contributed by atoms with van der Waals surface area (Å²) < 4.78 is 27.2. The number of benzene rings is 2. The zero-order valence-corrected chi connectivity index (χ0v) is 12.1. The number of aryl methyl sites for hydroxylation is 3. The SMILES string of the molecule is Cc1cc(C)c(C(=O)Nc2cc(F)c(C)cc2F)cc1N. The summed E-state index contributed by atoms with van der Waals surface area (Å²) in [6.45, 7) is 5.04. The van der Waals surface area contributed by atoms with Gasteiger partial charge in [-0.25, -0.2) is 8.78 Å². The summed E-state index contributed by atoms with van der Waals surface area (Å²) in [7, 11) is 0. The summed E-state index contributed by atoms with van der Waals surface area (Å²) >= 11 is 0. The highest BCUT2D eigenvalue weighted by Crippen LogP contribution is 2.22. The number of carbonyl (C=O) groups is 1. The summed E-state index contributed by atoms with van der Waals surface area (Å²) in [5.74, 6) is -1.78. The number of nitrogen functional groups attached to an aromatic ring is 1. The van der Waals surface area contributed by atoms with Crippen LogP contribution in [-0.2, 0) is 0 Å². The molecule has 0 atom stereocenters. The monoisotopic (exact) mass is 290 g/mol. The predicted molar refractivity (Wildman–Crippen MR) is 79.4 cm³/mol. The molecule has 0 aromatic heterocycles. The molecule has 0 fully saturated rings. The molecule has 0 aliphatic carbocycles. The van der Waals surface area contributed by atoms with E-state index < -0.39 is 17.5 Å². The third-order valence-corrected chi connectivity index (χ3v) is 3.35. The molecular weight excluding hydrogens is 274 g/mol. The van der Waals surface area contributed by atoms with Crippen LogP contribution in [0, 0.1) is 32.4 Å². The largest absolute Gasteiger partial charge is 0.398 e. The Morgan fingerprint density at radius 3 is 2.29 bits per heavy atom. The molecule has 0 radical (unpaired) electrons. The maximum Gasteiger partial charge on any atom is 0.256 e. The molecule has 0 aliphatic rings. The Balaban J connectivity index is 2.35. The molecule has 110 valence electrons. The molecule has 0 spiro atoms. The highest BCUT2D eigenvalue weighted by atomic mass is 19.1. The number of carbonyl (C=O) groups excluding carboxylic acids is 1. The van der Waals surface area contributed by atoms with E-state index in [4.69, 9.17) is 5.73 Å². The zero-order chi connectivity index (χ0) is 15.7. The molecule has 0 heterocycles. The number of nitrogens with one attached hydrogen (secondary N) is 1. The molecule has 2 aromatic rings. The lowest BCUT2D eigenvalue weighted by Gasteiger charge is -2.11. The summed E-state index contributed by atoms with van der Waals surface area (Å²) in [4.78, 5) is 12.2. The Labute approximate surface area is 121 Å². The number of rotatable bonds is 2. The quantitative estimate of drug-likeness (QED) is 0.828. The van der Waals surface area contributed by atoms with E-state index in [-0.39, 0.29) is 11.3 Å². The van der Waals surface area contributed by atoms with Crippen molar-refractivity contribution < 1.29 is 13.6 Å². The molecule has 3 N–H and O–H groups in total. The topological polar surface area (TPSA) is 55.1 Å². The van der Waals surface area contributed by atoms with Crippen molar-refractivity contribution in [2.45, 2.75) is 20.8 Å². The van der Waals surface area contributed by atoms with E-state index in [0.717, 1.165) is 17.7 Å². The van der Waals surface area contributed by atoms with Crippen LogP contribution in [0.4, 0.5) is 20.2 Å². The fraction of sp³-hybridized carbons (Fsp3) is 0.188. The highest BCUT2D eigenvalue weighted by Gasteiger charge is 2.14. The molecule has 0 bridgehead atoms. The number of amides is 1. The summed E-state index contributed by atoms with van der Waals surface area (Å²) in [6.07, 6.45) is 0. The van der Waals surface area contributed by atoms with Crippen LogP contribution in [0.2, 0.25) is 0 Å². The van der Waals surface area contributed by atoms with Gasteiger partial charge in [0.05, 0.1) is 5.69 Å². The lowest BCUT2D eigenvalue weighted by Crippen LogP contribution is -2.15. The summed E-state index contributed by atoms with van der Waals surface area (Å²) in [5.41, 5.74) is 8.15. The van der Waals surface area contributed by atoms with Crippen LogP contribution >= 0.6 is 0 Å². The van der Waals surface area contributed by atoms with Crippen molar-refractivity contribution in [1.82, 2.24) is 0 Å².